The van der Waals surface area contributed by atoms with Crippen molar-refractivity contribution in [3.8, 4) is 11.8 Å². The number of amides is 1. The standard InChI is InChI=1S/C18H17BFN5O4/c20-13-6-16-10(1-3-19(27)29-16)5-14(13)23-18-12(17(22)26)8-25(24-18)15-9-28-4-2-11(15)7-21/h1,3,5-6,8,11,15,27H,2,4,9H2,(H2,22,26)(H,23,24)/t11-,15?/m1/s1. The highest BCUT2D eigenvalue weighted by Crippen LogP contribution is 2.33. The molecule has 1 saturated heterocycles. The smallest absolute Gasteiger partial charge is 0.532 e. The molecule has 0 aliphatic carbocycles. The Hall–Kier alpha value is -3.36. The van der Waals surface area contributed by atoms with Crippen molar-refractivity contribution >= 4 is 30.6 Å². The van der Waals surface area contributed by atoms with Crippen LogP contribution in [0.1, 0.15) is 28.4 Å². The van der Waals surface area contributed by atoms with Crippen molar-refractivity contribution in [2.45, 2.75) is 12.5 Å². The molecule has 0 spiro atoms. The summed E-state index contributed by atoms with van der Waals surface area (Å²) in [6.45, 7) is 0.754. The molecule has 1 unspecified atom stereocenters. The van der Waals surface area contributed by atoms with Gasteiger partial charge in [-0.05, 0) is 18.5 Å². The number of nitrogens with one attached hydrogen (secondary N) is 1. The molecule has 1 aromatic heterocycles. The van der Waals surface area contributed by atoms with Crippen LogP contribution in [0.2, 0.25) is 0 Å². The van der Waals surface area contributed by atoms with Crippen molar-refractivity contribution in [3.05, 3.63) is 41.2 Å². The van der Waals surface area contributed by atoms with E-state index in [9.17, 15) is 19.5 Å². The van der Waals surface area contributed by atoms with Crippen LogP contribution < -0.4 is 15.7 Å². The lowest BCUT2D eigenvalue weighted by atomic mass is 9.86. The van der Waals surface area contributed by atoms with Gasteiger partial charge in [-0.15, -0.1) is 0 Å². The van der Waals surface area contributed by atoms with E-state index in [1.54, 1.807) is 6.08 Å². The number of anilines is 2. The molecule has 1 aromatic carbocycles. The number of hydrogen-bond donors (Lipinski definition) is 3. The second-order valence-corrected chi connectivity index (χ2v) is 6.76. The van der Waals surface area contributed by atoms with Gasteiger partial charge in [0.2, 0.25) is 0 Å². The van der Waals surface area contributed by atoms with E-state index in [2.05, 4.69) is 16.5 Å². The summed E-state index contributed by atoms with van der Waals surface area (Å²) in [7, 11) is -1.14. The highest BCUT2D eigenvalue weighted by Gasteiger charge is 2.30. The Kier molecular flexibility index (Phi) is 4.96. The first-order valence-electron chi connectivity index (χ1n) is 8.96. The zero-order valence-electron chi connectivity index (χ0n) is 15.2. The highest BCUT2D eigenvalue weighted by molar-refractivity contribution is 6.51. The Morgan fingerprint density at radius 1 is 1.52 bits per heavy atom. The number of hydrogen-bond acceptors (Lipinski definition) is 7. The summed E-state index contributed by atoms with van der Waals surface area (Å²) in [6.07, 6.45) is 3.58. The molecule has 2 aromatic rings. The van der Waals surface area contributed by atoms with E-state index >= 15 is 0 Å². The van der Waals surface area contributed by atoms with Gasteiger partial charge in [-0.1, -0.05) is 6.08 Å². The van der Waals surface area contributed by atoms with Gasteiger partial charge >= 0.3 is 7.12 Å². The lowest BCUT2D eigenvalue weighted by Crippen LogP contribution is -2.29. The van der Waals surface area contributed by atoms with Gasteiger partial charge in [-0.3, -0.25) is 9.48 Å². The molecule has 0 radical (unpaired) electrons. The van der Waals surface area contributed by atoms with Crippen molar-refractivity contribution in [1.29, 1.82) is 5.26 Å². The SMILES string of the molecule is N#C[C@H]1CCOCC1n1cc(C(N)=O)c(Nc2cc3c(cc2F)OB(O)C=C3)n1. The van der Waals surface area contributed by atoms with E-state index < -0.39 is 18.8 Å². The summed E-state index contributed by atoms with van der Waals surface area (Å²) < 4.78 is 26.6. The first kappa shape index (κ1) is 19.0. The molecule has 2 atom stereocenters. The predicted octanol–water partition coefficient (Wildman–Crippen LogP) is 1.39. The summed E-state index contributed by atoms with van der Waals surface area (Å²) in [5, 5.41) is 26.0. The van der Waals surface area contributed by atoms with Crippen LogP contribution in [0, 0.1) is 23.1 Å². The zero-order chi connectivity index (χ0) is 20.5. The van der Waals surface area contributed by atoms with Crippen LogP contribution in [0.4, 0.5) is 15.9 Å². The number of aromatic nitrogens is 2. The fraction of sp³-hybridized carbons (Fsp3) is 0.278. The van der Waals surface area contributed by atoms with Crippen LogP contribution in [0.15, 0.2) is 24.3 Å². The van der Waals surface area contributed by atoms with Gasteiger partial charge in [0, 0.05) is 24.4 Å². The largest absolute Gasteiger partial charge is 0.552 e. The van der Waals surface area contributed by atoms with Gasteiger partial charge in [0.05, 0.1) is 30.3 Å². The Morgan fingerprint density at radius 3 is 3.10 bits per heavy atom. The maximum atomic E-state index is 14.5. The minimum absolute atomic E-state index is 0.0536. The van der Waals surface area contributed by atoms with Crippen LogP contribution in [0.25, 0.3) is 6.08 Å². The molecule has 148 valence electrons. The Labute approximate surface area is 165 Å². The average molecular weight is 397 g/mol. The first-order chi connectivity index (χ1) is 14.0. The topological polar surface area (TPSA) is 135 Å². The predicted molar refractivity (Wildman–Crippen MR) is 102 cm³/mol. The van der Waals surface area contributed by atoms with E-state index in [1.807, 2.05) is 0 Å². The maximum absolute atomic E-state index is 14.5. The molecule has 0 bridgehead atoms. The van der Waals surface area contributed by atoms with Crippen LogP contribution in [-0.4, -0.2) is 41.0 Å². The number of nitrogens with two attached hydrogens (primary N) is 1. The summed E-state index contributed by atoms with van der Waals surface area (Å²) in [5.41, 5.74) is 6.12. The number of nitrogens with zero attached hydrogens (tertiary/aromatic N) is 3. The van der Waals surface area contributed by atoms with Crippen LogP contribution in [0.3, 0.4) is 0 Å². The first-order valence-corrected chi connectivity index (χ1v) is 8.96. The van der Waals surface area contributed by atoms with Crippen molar-refractivity contribution in [3.63, 3.8) is 0 Å². The quantitative estimate of drug-likeness (QED) is 0.664. The lowest BCUT2D eigenvalue weighted by Gasteiger charge is -2.26. The third kappa shape index (κ3) is 3.67. The molecule has 4 rings (SSSR count). The van der Waals surface area contributed by atoms with E-state index in [-0.39, 0.29) is 41.4 Å². The lowest BCUT2D eigenvalue weighted by molar-refractivity contribution is 0.0342. The number of rotatable bonds is 4. The molecule has 2 aliphatic rings. The average Bonchev–Trinajstić information content (AvgIpc) is 3.12. The number of benzene rings is 1. The van der Waals surface area contributed by atoms with Crippen LogP contribution in [-0.2, 0) is 4.74 Å². The number of halogens is 1. The zero-order valence-corrected chi connectivity index (χ0v) is 15.2. The summed E-state index contributed by atoms with van der Waals surface area (Å²) in [5.74, 6) is -0.0508. The fourth-order valence-corrected chi connectivity index (χ4v) is 3.35. The molecule has 9 nitrogen and oxygen atoms in total. The monoisotopic (exact) mass is 397 g/mol. The second kappa shape index (κ2) is 7.58. The van der Waals surface area contributed by atoms with Gasteiger partial charge < -0.3 is 25.5 Å². The summed E-state index contributed by atoms with van der Waals surface area (Å²) in [6, 6.07) is 4.45. The minimum Gasteiger partial charge on any atom is -0.532 e. The Balaban J connectivity index is 1.68. The summed E-state index contributed by atoms with van der Waals surface area (Å²) >= 11 is 0. The molecule has 2 aliphatic heterocycles. The third-order valence-electron chi connectivity index (χ3n) is 4.87. The highest BCUT2D eigenvalue weighted by atomic mass is 19.1. The summed E-state index contributed by atoms with van der Waals surface area (Å²) in [4.78, 5) is 11.9. The molecule has 11 heteroatoms. The van der Waals surface area contributed by atoms with E-state index in [0.29, 0.717) is 18.6 Å². The van der Waals surface area contributed by atoms with Gasteiger partial charge in [0.1, 0.15) is 17.1 Å². The van der Waals surface area contributed by atoms with E-state index in [4.69, 9.17) is 15.1 Å². The van der Waals surface area contributed by atoms with Gasteiger partial charge in [0.15, 0.2) is 5.82 Å². The molecule has 29 heavy (non-hydrogen) atoms. The van der Waals surface area contributed by atoms with Crippen LogP contribution in [0.5, 0.6) is 5.75 Å². The number of carbonyl (C=O) groups is 1. The normalized spacial score (nSPS) is 20.5. The molecule has 0 saturated carbocycles. The van der Waals surface area contributed by atoms with E-state index in [0.717, 1.165) is 6.07 Å². The number of ether oxygens (including phenoxy) is 1. The fourth-order valence-electron chi connectivity index (χ4n) is 3.35. The number of nitriles is 1. The third-order valence-corrected chi connectivity index (χ3v) is 4.87. The number of carbonyl (C=O) groups excluding carboxylic acids is 1. The second-order valence-electron chi connectivity index (χ2n) is 6.76. The Morgan fingerprint density at radius 2 is 2.34 bits per heavy atom. The number of fused-ring (bicyclic) bond motifs is 1. The van der Waals surface area contributed by atoms with Crippen molar-refractivity contribution < 1.29 is 23.6 Å². The molecule has 3 heterocycles. The van der Waals surface area contributed by atoms with E-state index in [1.165, 1.54) is 22.9 Å². The van der Waals surface area contributed by atoms with Gasteiger partial charge in [-0.25, -0.2) is 4.39 Å². The Bertz CT molecular complexity index is 1030. The van der Waals surface area contributed by atoms with Crippen molar-refractivity contribution in [2.75, 3.05) is 18.5 Å². The molecular weight excluding hydrogens is 380 g/mol. The maximum Gasteiger partial charge on any atom is 0.552 e. The van der Waals surface area contributed by atoms with Gasteiger partial charge in [-0.2, -0.15) is 10.4 Å². The molecular formula is C18H17BFN5O4. The van der Waals surface area contributed by atoms with Crippen molar-refractivity contribution in [2.24, 2.45) is 11.7 Å². The molecule has 1 fully saturated rings. The van der Waals surface area contributed by atoms with Gasteiger partial charge in [0.25, 0.3) is 5.91 Å². The minimum atomic E-state index is -1.14. The molecule has 1 amide bonds. The van der Waals surface area contributed by atoms with Crippen LogP contribution >= 0.6 is 0 Å². The number of primary amides is 1. The van der Waals surface area contributed by atoms with Crippen molar-refractivity contribution in [1.82, 2.24) is 9.78 Å². The molecule has 4 N–H and O–H groups in total.